The number of sulfone groups is 1. The summed E-state index contributed by atoms with van der Waals surface area (Å²) in [5, 5.41) is -0.0681. The summed E-state index contributed by atoms with van der Waals surface area (Å²) in [7, 11) is -4.30. The fraction of sp³-hybridized carbons (Fsp3) is 0.368. The number of carbonyl (C=O) groups excluding carboxylic acids is 1. The lowest BCUT2D eigenvalue weighted by Gasteiger charge is -2.14. The molecule has 30 heavy (non-hydrogen) atoms. The van der Waals surface area contributed by atoms with E-state index < -0.39 is 32.6 Å². The summed E-state index contributed by atoms with van der Waals surface area (Å²) < 4.78 is 73.1. The molecule has 0 unspecified atom stereocenters. The normalized spacial score (nSPS) is 17.8. The van der Waals surface area contributed by atoms with E-state index >= 15 is 0 Å². The molecule has 1 spiro atoms. The highest BCUT2D eigenvalue weighted by atomic mass is 35.5. The number of carbonyl (C=O) groups is 1. The lowest BCUT2D eigenvalue weighted by molar-refractivity contribution is -0.275. The number of pyridine rings is 1. The molecule has 11 heteroatoms. The minimum Gasteiger partial charge on any atom is -0.477 e. The van der Waals surface area contributed by atoms with Gasteiger partial charge in [0.1, 0.15) is 10.6 Å². The molecule has 160 valence electrons. The second-order valence-electron chi connectivity index (χ2n) is 7.48. The van der Waals surface area contributed by atoms with E-state index in [0.29, 0.717) is 6.61 Å². The number of alkyl halides is 3. The van der Waals surface area contributed by atoms with E-state index in [0.717, 1.165) is 31.0 Å². The highest BCUT2D eigenvalue weighted by Crippen LogP contribution is 2.51. The average Bonchev–Trinajstić information content (AvgIpc) is 3.41. The van der Waals surface area contributed by atoms with Crippen molar-refractivity contribution < 1.29 is 35.9 Å². The van der Waals surface area contributed by atoms with Crippen molar-refractivity contribution in [3.8, 4) is 11.6 Å². The predicted molar refractivity (Wildman–Crippen MR) is 99.4 cm³/mol. The van der Waals surface area contributed by atoms with Crippen LogP contribution in [0.1, 0.15) is 35.2 Å². The quantitative estimate of drug-likeness (QED) is 0.673. The summed E-state index contributed by atoms with van der Waals surface area (Å²) in [6, 6.07) is 4.18. The molecule has 2 aliphatic rings. The molecule has 1 aromatic carbocycles. The summed E-state index contributed by atoms with van der Waals surface area (Å²) in [5.41, 5.74) is 0.133. The number of rotatable bonds is 4. The van der Waals surface area contributed by atoms with Crippen LogP contribution in [0.15, 0.2) is 35.4 Å². The van der Waals surface area contributed by atoms with Crippen LogP contribution < -0.4 is 9.47 Å². The molecule has 0 atom stereocenters. The highest BCUT2D eigenvalue weighted by Gasteiger charge is 2.47. The van der Waals surface area contributed by atoms with Crippen molar-refractivity contribution >= 4 is 27.2 Å². The van der Waals surface area contributed by atoms with Gasteiger partial charge >= 0.3 is 6.36 Å². The Morgan fingerprint density at radius 3 is 2.63 bits per heavy atom. The maximum absolute atomic E-state index is 12.8. The van der Waals surface area contributed by atoms with Crippen molar-refractivity contribution in [3.05, 3.63) is 46.6 Å². The monoisotopic (exact) mass is 461 g/mol. The fourth-order valence-corrected chi connectivity index (χ4v) is 5.04. The number of fused-ring (bicyclic) bond motifs is 1. The number of hydrogen-bond acceptors (Lipinski definition) is 6. The summed E-state index contributed by atoms with van der Waals surface area (Å²) in [6.07, 6.45) is -1.80. The number of ether oxygens (including phenoxy) is 2. The van der Waals surface area contributed by atoms with Gasteiger partial charge in [-0.05, 0) is 42.7 Å². The molecule has 1 aliphatic heterocycles. The third-order valence-electron chi connectivity index (χ3n) is 5.04. The number of halogens is 4. The molecule has 2 heterocycles. The first-order valence-corrected chi connectivity index (χ1v) is 10.9. The van der Waals surface area contributed by atoms with Crippen molar-refractivity contribution in [3.63, 3.8) is 0 Å². The molecule has 2 aromatic rings. The zero-order valence-electron chi connectivity index (χ0n) is 15.3. The lowest BCUT2D eigenvalue weighted by atomic mass is 9.98. The van der Waals surface area contributed by atoms with Crippen LogP contribution in [0.4, 0.5) is 13.2 Å². The Morgan fingerprint density at radius 1 is 1.23 bits per heavy atom. The summed E-state index contributed by atoms with van der Waals surface area (Å²) in [4.78, 5) is 15.9. The van der Waals surface area contributed by atoms with E-state index in [9.17, 15) is 26.4 Å². The van der Waals surface area contributed by atoms with E-state index in [1.54, 1.807) is 0 Å². The first-order valence-electron chi connectivity index (χ1n) is 8.89. The molecule has 6 nitrogen and oxygen atoms in total. The van der Waals surface area contributed by atoms with Gasteiger partial charge in [0.05, 0.1) is 17.9 Å². The first kappa shape index (κ1) is 20.9. The first-order chi connectivity index (χ1) is 14.0. The standard InChI is InChI=1S/C19H15ClF3NO5S/c20-12-1-2-15(29-19(21,22)23)16(6-12)30(26,27)9-11-5-13-14(25)7-18(3-4-18)10-28-17(13)24-8-11/h1-2,5-6,8H,3-4,7,9-10H2. The van der Waals surface area contributed by atoms with Gasteiger partial charge in [0.25, 0.3) is 0 Å². The van der Waals surface area contributed by atoms with Gasteiger partial charge in [0.2, 0.25) is 5.88 Å². The van der Waals surface area contributed by atoms with Crippen molar-refractivity contribution in [1.82, 2.24) is 4.98 Å². The zero-order valence-corrected chi connectivity index (χ0v) is 16.9. The number of hydrogen-bond donors (Lipinski definition) is 0. The number of ketones is 1. The highest BCUT2D eigenvalue weighted by molar-refractivity contribution is 7.90. The van der Waals surface area contributed by atoms with E-state index in [1.807, 2.05) is 0 Å². The van der Waals surface area contributed by atoms with Crippen LogP contribution in [0.5, 0.6) is 11.6 Å². The Bertz CT molecular complexity index is 1130. The molecule has 0 radical (unpaired) electrons. The second-order valence-corrected chi connectivity index (χ2v) is 9.88. The molecule has 1 fully saturated rings. The number of benzene rings is 1. The SMILES string of the molecule is O=C1CC2(CC2)COc2ncc(CS(=O)(=O)c3cc(Cl)ccc3OC(F)(F)F)cc21. The number of Topliss-reactive ketones (excluding diaryl/α,β-unsaturated/α-hetero) is 1. The van der Waals surface area contributed by atoms with Crippen molar-refractivity contribution in [2.45, 2.75) is 36.3 Å². The van der Waals surface area contributed by atoms with Crippen LogP contribution >= 0.6 is 11.6 Å². The van der Waals surface area contributed by atoms with Gasteiger partial charge in [-0.25, -0.2) is 13.4 Å². The maximum atomic E-state index is 12.8. The molecule has 0 amide bonds. The Labute approximate surface area is 174 Å². The van der Waals surface area contributed by atoms with E-state index in [1.165, 1.54) is 12.3 Å². The third kappa shape index (κ3) is 4.39. The molecule has 0 bridgehead atoms. The van der Waals surface area contributed by atoms with Gasteiger partial charge in [0.15, 0.2) is 15.6 Å². The van der Waals surface area contributed by atoms with E-state index in [4.69, 9.17) is 16.3 Å². The third-order valence-corrected chi connectivity index (χ3v) is 6.98. The Balaban J connectivity index is 1.65. The molecule has 1 saturated carbocycles. The fourth-order valence-electron chi connectivity index (χ4n) is 3.33. The van der Waals surface area contributed by atoms with Gasteiger partial charge in [0, 0.05) is 23.1 Å². The maximum Gasteiger partial charge on any atom is 0.573 e. The van der Waals surface area contributed by atoms with Crippen molar-refractivity contribution in [2.75, 3.05) is 6.61 Å². The van der Waals surface area contributed by atoms with Gasteiger partial charge in [-0.2, -0.15) is 0 Å². The molecular formula is C19H15ClF3NO5S. The summed E-state index contributed by atoms with van der Waals surface area (Å²) in [6.45, 7) is 0.372. The van der Waals surface area contributed by atoms with Crippen molar-refractivity contribution in [1.29, 1.82) is 0 Å². The van der Waals surface area contributed by atoms with Crippen LogP contribution in [0.3, 0.4) is 0 Å². The topological polar surface area (TPSA) is 82.6 Å². The molecule has 4 rings (SSSR count). The number of aromatic nitrogens is 1. The average molecular weight is 462 g/mol. The van der Waals surface area contributed by atoms with E-state index in [-0.39, 0.29) is 39.6 Å². The van der Waals surface area contributed by atoms with Gasteiger partial charge in [-0.15, -0.1) is 13.2 Å². The second kappa shape index (κ2) is 7.12. The smallest absolute Gasteiger partial charge is 0.477 e. The molecule has 1 aromatic heterocycles. The molecule has 0 N–H and O–H groups in total. The van der Waals surface area contributed by atoms with Crippen LogP contribution in [0.25, 0.3) is 0 Å². The number of nitrogens with zero attached hydrogens (tertiary/aromatic N) is 1. The lowest BCUT2D eigenvalue weighted by Crippen LogP contribution is -2.19. The zero-order chi connectivity index (χ0) is 21.7. The Kier molecular flexibility index (Phi) is 4.97. The largest absolute Gasteiger partial charge is 0.573 e. The minimum atomic E-state index is -5.08. The van der Waals surface area contributed by atoms with Crippen LogP contribution in [0.2, 0.25) is 5.02 Å². The predicted octanol–water partition coefficient (Wildman–Crippen LogP) is 4.35. The summed E-state index contributed by atoms with van der Waals surface area (Å²) >= 11 is 5.79. The van der Waals surface area contributed by atoms with Crippen LogP contribution in [-0.2, 0) is 15.6 Å². The van der Waals surface area contributed by atoms with Crippen molar-refractivity contribution in [2.24, 2.45) is 5.41 Å². The van der Waals surface area contributed by atoms with Gasteiger partial charge in [-0.1, -0.05) is 11.6 Å². The van der Waals surface area contributed by atoms with Gasteiger partial charge in [-0.3, -0.25) is 4.79 Å². The Morgan fingerprint density at radius 2 is 1.97 bits per heavy atom. The molecule has 0 saturated heterocycles. The van der Waals surface area contributed by atoms with Crippen LogP contribution in [0, 0.1) is 5.41 Å². The van der Waals surface area contributed by atoms with Crippen LogP contribution in [-0.4, -0.2) is 32.2 Å². The molecular weight excluding hydrogens is 447 g/mol. The summed E-state index contributed by atoms with van der Waals surface area (Å²) in [5.74, 6) is -1.64. The minimum absolute atomic E-state index is 0.0681. The van der Waals surface area contributed by atoms with E-state index in [2.05, 4.69) is 9.72 Å². The molecule has 1 aliphatic carbocycles. The van der Waals surface area contributed by atoms with Gasteiger partial charge < -0.3 is 9.47 Å². The Hall–Kier alpha value is -2.33.